The molecule has 2 aromatic rings. The van der Waals surface area contributed by atoms with Crippen molar-refractivity contribution in [1.82, 2.24) is 9.21 Å². The molecule has 2 aromatic carbocycles. The Labute approximate surface area is 185 Å². The number of hydrogen-bond acceptors (Lipinski definition) is 6. The van der Waals surface area contributed by atoms with Crippen LogP contribution in [0.4, 0.5) is 11.4 Å². The molecule has 1 aliphatic rings. The third-order valence-corrected chi connectivity index (χ3v) is 7.52. The van der Waals surface area contributed by atoms with E-state index in [-0.39, 0.29) is 40.3 Å². The van der Waals surface area contributed by atoms with Crippen LogP contribution in [-0.2, 0) is 14.8 Å². The second kappa shape index (κ2) is 9.31. The molecule has 1 amide bonds. The number of nitro groups is 1. The van der Waals surface area contributed by atoms with Gasteiger partial charge in [0, 0.05) is 38.3 Å². The molecule has 0 aromatic heterocycles. The molecular weight excluding hydrogens is 444 g/mol. The van der Waals surface area contributed by atoms with Crippen LogP contribution in [0.3, 0.4) is 0 Å². The first kappa shape index (κ1) is 23.1. The third kappa shape index (κ3) is 5.21. The topological polar surface area (TPSA) is 113 Å². The van der Waals surface area contributed by atoms with Crippen molar-refractivity contribution < 1.29 is 18.1 Å². The number of rotatable bonds is 6. The molecule has 3 rings (SSSR count). The zero-order chi connectivity index (χ0) is 22.8. The lowest BCUT2D eigenvalue weighted by molar-refractivity contribution is -0.384. The fourth-order valence-electron chi connectivity index (χ4n) is 3.32. The minimum Gasteiger partial charge on any atom is -0.323 e. The van der Waals surface area contributed by atoms with Crippen molar-refractivity contribution >= 4 is 38.9 Å². The Morgan fingerprint density at radius 2 is 1.74 bits per heavy atom. The Balaban J connectivity index is 1.63. The Bertz CT molecular complexity index is 1080. The summed E-state index contributed by atoms with van der Waals surface area (Å²) in [7, 11) is -3.59. The van der Waals surface area contributed by atoms with Gasteiger partial charge in [-0.15, -0.1) is 0 Å². The highest BCUT2D eigenvalue weighted by Gasteiger charge is 2.32. The van der Waals surface area contributed by atoms with E-state index < -0.39 is 21.0 Å². The molecule has 0 unspecified atom stereocenters. The quantitative estimate of drug-likeness (QED) is 0.517. The smallest absolute Gasteiger partial charge is 0.271 e. The van der Waals surface area contributed by atoms with E-state index in [1.807, 2.05) is 11.8 Å². The van der Waals surface area contributed by atoms with Crippen molar-refractivity contribution in [3.63, 3.8) is 0 Å². The molecule has 11 heteroatoms. The van der Waals surface area contributed by atoms with Crippen LogP contribution in [-0.4, -0.2) is 60.7 Å². The van der Waals surface area contributed by atoms with E-state index in [0.29, 0.717) is 13.1 Å². The van der Waals surface area contributed by atoms with Crippen LogP contribution in [0, 0.1) is 17.0 Å². The Kier molecular flexibility index (Phi) is 6.95. The molecule has 0 radical (unpaired) electrons. The first-order chi connectivity index (χ1) is 14.6. The Morgan fingerprint density at radius 1 is 1.13 bits per heavy atom. The van der Waals surface area contributed by atoms with Gasteiger partial charge in [0.15, 0.2) is 0 Å². The molecule has 1 saturated heterocycles. The summed E-state index contributed by atoms with van der Waals surface area (Å²) in [6.45, 7) is 4.86. The van der Waals surface area contributed by atoms with E-state index in [1.165, 1.54) is 22.5 Å². The summed E-state index contributed by atoms with van der Waals surface area (Å²) in [5.41, 5.74) is 0.961. The van der Waals surface area contributed by atoms with Gasteiger partial charge in [-0.25, -0.2) is 8.42 Å². The molecule has 0 saturated carbocycles. The van der Waals surface area contributed by atoms with Crippen LogP contribution < -0.4 is 5.32 Å². The Morgan fingerprint density at radius 3 is 2.32 bits per heavy atom. The number of non-ortho nitro benzene ring substituents is 1. The molecule has 1 fully saturated rings. The van der Waals surface area contributed by atoms with Crippen molar-refractivity contribution in [2.75, 3.05) is 31.5 Å². The average Bonchev–Trinajstić information content (AvgIpc) is 2.75. The lowest BCUT2D eigenvalue weighted by Crippen LogP contribution is -2.53. The minimum atomic E-state index is -3.59. The van der Waals surface area contributed by atoms with Gasteiger partial charge in [0.1, 0.15) is 0 Å². The third-order valence-electron chi connectivity index (χ3n) is 5.28. The SMILES string of the molecule is Cc1ccc(S(=O)(=O)N2CCN([C@H](C)C(=O)Nc3cc([N+](=O)[O-])ccc3Cl)CC2)cc1. The van der Waals surface area contributed by atoms with Crippen molar-refractivity contribution in [1.29, 1.82) is 0 Å². The molecular formula is C20H23ClN4O5S. The van der Waals surface area contributed by atoms with Gasteiger partial charge in [0.05, 0.1) is 26.6 Å². The summed E-state index contributed by atoms with van der Waals surface area (Å²) in [5.74, 6) is -0.378. The fourth-order valence-corrected chi connectivity index (χ4v) is 4.90. The number of benzene rings is 2. The van der Waals surface area contributed by atoms with Gasteiger partial charge in [-0.2, -0.15) is 4.31 Å². The molecule has 1 heterocycles. The molecule has 1 N–H and O–H groups in total. The molecule has 9 nitrogen and oxygen atoms in total. The first-order valence-corrected chi connectivity index (χ1v) is 11.5. The summed E-state index contributed by atoms with van der Waals surface area (Å²) in [4.78, 5) is 25.2. The number of sulfonamides is 1. The predicted octanol–water partition coefficient (Wildman–Crippen LogP) is 2.89. The van der Waals surface area contributed by atoms with Gasteiger partial charge >= 0.3 is 0 Å². The van der Waals surface area contributed by atoms with E-state index >= 15 is 0 Å². The number of amides is 1. The monoisotopic (exact) mass is 466 g/mol. The van der Waals surface area contributed by atoms with E-state index in [9.17, 15) is 23.3 Å². The molecule has 1 atom stereocenters. The fraction of sp³-hybridized carbons (Fsp3) is 0.350. The van der Waals surface area contributed by atoms with E-state index in [4.69, 9.17) is 11.6 Å². The van der Waals surface area contributed by atoms with Crippen molar-refractivity contribution in [2.24, 2.45) is 0 Å². The average molecular weight is 467 g/mol. The van der Waals surface area contributed by atoms with Crippen molar-refractivity contribution in [3.05, 3.63) is 63.2 Å². The number of aryl methyl sites for hydroxylation is 1. The maximum atomic E-state index is 12.8. The van der Waals surface area contributed by atoms with Crippen LogP contribution >= 0.6 is 11.6 Å². The van der Waals surface area contributed by atoms with E-state index in [2.05, 4.69) is 5.32 Å². The van der Waals surface area contributed by atoms with Gasteiger partial charge < -0.3 is 5.32 Å². The number of halogens is 1. The summed E-state index contributed by atoms with van der Waals surface area (Å²) in [5, 5.41) is 13.8. The van der Waals surface area contributed by atoms with Gasteiger partial charge in [-0.3, -0.25) is 19.8 Å². The zero-order valence-corrected chi connectivity index (χ0v) is 18.7. The normalized spacial score (nSPS) is 16.6. The number of anilines is 1. The summed E-state index contributed by atoms with van der Waals surface area (Å²) in [6, 6.07) is 9.96. The van der Waals surface area contributed by atoms with Crippen molar-refractivity contribution in [2.45, 2.75) is 24.8 Å². The van der Waals surface area contributed by atoms with Gasteiger partial charge in [-0.05, 0) is 32.0 Å². The number of nitro benzene ring substituents is 1. The van der Waals surface area contributed by atoms with E-state index in [0.717, 1.165) is 5.56 Å². The standard InChI is InChI=1S/C20H23ClN4O5S/c1-14-3-6-17(7-4-14)31(29,30)24-11-9-23(10-12-24)15(2)20(26)22-19-13-16(25(27)28)5-8-18(19)21/h3-8,13,15H,9-12H2,1-2H3,(H,22,26)/t15-/m1/s1. The summed E-state index contributed by atoms with van der Waals surface area (Å²) < 4.78 is 27.1. The lowest BCUT2D eigenvalue weighted by Gasteiger charge is -2.36. The minimum absolute atomic E-state index is 0.160. The number of carbonyl (C=O) groups is 1. The highest BCUT2D eigenvalue weighted by molar-refractivity contribution is 7.89. The first-order valence-electron chi connectivity index (χ1n) is 9.65. The molecule has 166 valence electrons. The summed E-state index contributed by atoms with van der Waals surface area (Å²) in [6.07, 6.45) is 0. The van der Waals surface area contributed by atoms with Gasteiger partial charge in [0.2, 0.25) is 15.9 Å². The summed E-state index contributed by atoms with van der Waals surface area (Å²) >= 11 is 6.05. The molecule has 0 spiro atoms. The molecule has 0 bridgehead atoms. The lowest BCUT2D eigenvalue weighted by atomic mass is 10.2. The second-order valence-corrected chi connectivity index (χ2v) is 9.68. The van der Waals surface area contributed by atoms with Crippen LogP contribution in [0.25, 0.3) is 0 Å². The van der Waals surface area contributed by atoms with Crippen LogP contribution in [0.5, 0.6) is 0 Å². The number of carbonyl (C=O) groups excluding carboxylic acids is 1. The van der Waals surface area contributed by atoms with Gasteiger partial charge in [0.25, 0.3) is 5.69 Å². The molecule has 0 aliphatic carbocycles. The number of hydrogen-bond donors (Lipinski definition) is 1. The zero-order valence-electron chi connectivity index (χ0n) is 17.1. The van der Waals surface area contributed by atoms with Crippen LogP contribution in [0.15, 0.2) is 47.4 Å². The van der Waals surface area contributed by atoms with E-state index in [1.54, 1.807) is 31.2 Å². The second-order valence-electron chi connectivity index (χ2n) is 7.34. The molecule has 1 aliphatic heterocycles. The van der Waals surface area contributed by atoms with Crippen LogP contribution in [0.1, 0.15) is 12.5 Å². The Hall–Kier alpha value is -2.53. The maximum Gasteiger partial charge on any atom is 0.271 e. The van der Waals surface area contributed by atoms with Crippen LogP contribution in [0.2, 0.25) is 5.02 Å². The molecule has 31 heavy (non-hydrogen) atoms. The number of nitrogens with zero attached hydrogens (tertiary/aromatic N) is 3. The highest BCUT2D eigenvalue weighted by atomic mass is 35.5. The maximum absolute atomic E-state index is 12.8. The number of piperazine rings is 1. The highest BCUT2D eigenvalue weighted by Crippen LogP contribution is 2.27. The predicted molar refractivity (Wildman–Crippen MR) is 118 cm³/mol. The van der Waals surface area contributed by atoms with Crippen molar-refractivity contribution in [3.8, 4) is 0 Å². The van der Waals surface area contributed by atoms with Gasteiger partial charge in [-0.1, -0.05) is 29.3 Å². The number of nitrogens with one attached hydrogen (secondary N) is 1. The largest absolute Gasteiger partial charge is 0.323 e.